The highest BCUT2D eigenvalue weighted by molar-refractivity contribution is 9.11. The van der Waals surface area contributed by atoms with Crippen molar-refractivity contribution in [2.24, 2.45) is 4.99 Å². The summed E-state index contributed by atoms with van der Waals surface area (Å²) >= 11 is 6.93. The first kappa shape index (κ1) is 22.8. The normalized spacial score (nSPS) is 14.2. The number of nitrogens with zero attached hydrogens (tertiary/aromatic N) is 2. The number of nitro benzene ring substituents is 1. The molecule has 10 heteroatoms. The number of carbonyl (C=O) groups excluding carboxylic acids is 1. The lowest BCUT2D eigenvalue weighted by Gasteiger charge is -2.11. The number of esters is 1. The van der Waals surface area contributed by atoms with Crippen LogP contribution in [0.3, 0.4) is 0 Å². The predicted molar refractivity (Wildman–Crippen MR) is 126 cm³/mol. The fourth-order valence-electron chi connectivity index (χ4n) is 2.95. The van der Waals surface area contributed by atoms with Crippen LogP contribution in [0.2, 0.25) is 0 Å². The first-order valence-electron chi connectivity index (χ1n) is 9.44. The Balaban J connectivity index is 1.53. The van der Waals surface area contributed by atoms with Crippen molar-refractivity contribution in [1.82, 2.24) is 0 Å². The van der Waals surface area contributed by atoms with E-state index in [-0.39, 0.29) is 29.7 Å². The van der Waals surface area contributed by atoms with Crippen molar-refractivity contribution in [3.8, 4) is 5.75 Å². The molecule has 0 atom stereocenters. The van der Waals surface area contributed by atoms with Gasteiger partial charge in [0.1, 0.15) is 18.2 Å². The molecule has 0 aliphatic carbocycles. The third-order valence-electron chi connectivity index (χ3n) is 4.57. The van der Waals surface area contributed by atoms with E-state index in [2.05, 4.69) is 36.9 Å². The fraction of sp³-hybridized carbons (Fsp3) is 0.0435. The van der Waals surface area contributed by atoms with Gasteiger partial charge in [-0.1, -0.05) is 12.1 Å². The number of non-ortho nitro benzene ring substituents is 1. The highest BCUT2D eigenvalue weighted by Crippen LogP contribution is 2.36. The summed E-state index contributed by atoms with van der Waals surface area (Å²) in [5, 5.41) is 10.8. The molecule has 0 N–H and O–H groups in total. The minimum absolute atomic E-state index is 0.0681. The van der Waals surface area contributed by atoms with Gasteiger partial charge in [0.15, 0.2) is 5.70 Å². The van der Waals surface area contributed by atoms with E-state index in [1.54, 1.807) is 30.3 Å². The van der Waals surface area contributed by atoms with Crippen LogP contribution >= 0.6 is 31.9 Å². The molecule has 0 amide bonds. The average molecular weight is 576 g/mol. The van der Waals surface area contributed by atoms with E-state index in [4.69, 9.17) is 9.47 Å². The molecule has 1 aliphatic rings. The molecule has 7 nitrogen and oxygen atoms in total. The van der Waals surface area contributed by atoms with Gasteiger partial charge in [-0.3, -0.25) is 10.1 Å². The molecule has 0 saturated carbocycles. The molecule has 3 aromatic carbocycles. The maximum absolute atomic E-state index is 13.1. The highest BCUT2D eigenvalue weighted by Gasteiger charge is 2.25. The Morgan fingerprint density at radius 3 is 2.30 bits per heavy atom. The fourth-order valence-corrected chi connectivity index (χ4v) is 4.40. The summed E-state index contributed by atoms with van der Waals surface area (Å²) in [5.74, 6) is -0.334. The van der Waals surface area contributed by atoms with Gasteiger partial charge in [-0.25, -0.2) is 14.2 Å². The van der Waals surface area contributed by atoms with Gasteiger partial charge in [-0.05, 0) is 85.5 Å². The first-order chi connectivity index (χ1) is 15.8. The largest absolute Gasteiger partial charge is 0.487 e. The van der Waals surface area contributed by atoms with E-state index in [0.29, 0.717) is 25.8 Å². The van der Waals surface area contributed by atoms with Crippen LogP contribution in [-0.2, 0) is 16.1 Å². The maximum atomic E-state index is 13.1. The number of aliphatic imine (C=N–C) groups is 1. The summed E-state index contributed by atoms with van der Waals surface area (Å²) in [7, 11) is 0. The molecule has 0 spiro atoms. The monoisotopic (exact) mass is 574 g/mol. The van der Waals surface area contributed by atoms with E-state index < -0.39 is 10.9 Å². The molecule has 1 heterocycles. The van der Waals surface area contributed by atoms with Crippen molar-refractivity contribution >= 4 is 55.5 Å². The standard InChI is InChI=1S/C23H13Br2FN2O5/c24-18-9-14(10-19(25)21(18)32-12-13-1-5-16(26)6-2-13)11-20-23(29)33-22(27-20)15-3-7-17(8-4-15)28(30)31/h1-11H,12H2/b20-11-. The number of carbonyl (C=O) groups is 1. The number of rotatable bonds is 6. The Kier molecular flexibility index (Phi) is 6.66. The first-order valence-corrected chi connectivity index (χ1v) is 11.0. The van der Waals surface area contributed by atoms with Gasteiger partial charge in [-0.15, -0.1) is 0 Å². The molecule has 0 fully saturated rings. The lowest BCUT2D eigenvalue weighted by Crippen LogP contribution is -2.05. The number of halogens is 3. The highest BCUT2D eigenvalue weighted by atomic mass is 79.9. The van der Waals surface area contributed by atoms with Gasteiger partial charge < -0.3 is 9.47 Å². The van der Waals surface area contributed by atoms with Crippen LogP contribution in [-0.4, -0.2) is 16.8 Å². The summed E-state index contributed by atoms with van der Waals surface area (Å²) < 4.78 is 25.4. The molecule has 0 aromatic heterocycles. The van der Waals surface area contributed by atoms with E-state index >= 15 is 0 Å². The topological polar surface area (TPSA) is 91.0 Å². The van der Waals surface area contributed by atoms with Crippen molar-refractivity contribution < 1.29 is 23.6 Å². The van der Waals surface area contributed by atoms with Crippen molar-refractivity contribution in [2.45, 2.75) is 6.61 Å². The molecule has 4 rings (SSSR count). The third-order valence-corrected chi connectivity index (χ3v) is 5.74. The lowest BCUT2D eigenvalue weighted by atomic mass is 10.2. The number of nitro groups is 1. The molecule has 0 radical (unpaired) electrons. The second kappa shape index (κ2) is 9.63. The number of cyclic esters (lactones) is 1. The van der Waals surface area contributed by atoms with Crippen LogP contribution in [0.5, 0.6) is 5.75 Å². The smallest absolute Gasteiger partial charge is 0.363 e. The number of hydrogen-bond acceptors (Lipinski definition) is 6. The van der Waals surface area contributed by atoms with Crippen LogP contribution in [0.4, 0.5) is 10.1 Å². The lowest BCUT2D eigenvalue weighted by molar-refractivity contribution is -0.384. The van der Waals surface area contributed by atoms with Gasteiger partial charge >= 0.3 is 5.97 Å². The second-order valence-corrected chi connectivity index (χ2v) is 8.58. The zero-order valence-corrected chi connectivity index (χ0v) is 19.8. The van der Waals surface area contributed by atoms with E-state index in [9.17, 15) is 19.3 Å². The minimum Gasteiger partial charge on any atom is -0.487 e. The van der Waals surface area contributed by atoms with Crippen LogP contribution in [0, 0.1) is 15.9 Å². The molecule has 0 bridgehead atoms. The summed E-state index contributed by atoms with van der Waals surface area (Å²) in [6.45, 7) is 0.243. The summed E-state index contributed by atoms with van der Waals surface area (Å²) in [6, 6.07) is 15.1. The summed E-state index contributed by atoms with van der Waals surface area (Å²) in [5.41, 5.74) is 1.92. The number of hydrogen-bond donors (Lipinski definition) is 0. The second-order valence-electron chi connectivity index (χ2n) is 6.87. The van der Waals surface area contributed by atoms with Crippen molar-refractivity contribution in [3.05, 3.63) is 108 Å². The average Bonchev–Trinajstić information content (AvgIpc) is 3.14. The van der Waals surface area contributed by atoms with Crippen LogP contribution in [0.15, 0.2) is 80.3 Å². The zero-order chi connectivity index (χ0) is 23.5. The summed E-state index contributed by atoms with van der Waals surface area (Å²) in [6.07, 6.45) is 1.56. The number of ether oxygens (including phenoxy) is 2. The molecule has 0 unspecified atom stereocenters. The van der Waals surface area contributed by atoms with E-state index in [0.717, 1.165) is 5.56 Å². The molecule has 0 saturated heterocycles. The van der Waals surface area contributed by atoms with Crippen LogP contribution in [0.1, 0.15) is 16.7 Å². The Morgan fingerprint density at radius 2 is 1.70 bits per heavy atom. The van der Waals surface area contributed by atoms with Gasteiger partial charge in [0.2, 0.25) is 5.90 Å². The van der Waals surface area contributed by atoms with Crippen molar-refractivity contribution in [1.29, 1.82) is 0 Å². The van der Waals surface area contributed by atoms with Gasteiger partial charge in [0.25, 0.3) is 5.69 Å². The molecular weight excluding hydrogens is 563 g/mol. The van der Waals surface area contributed by atoms with Crippen molar-refractivity contribution in [2.75, 3.05) is 0 Å². The van der Waals surface area contributed by atoms with Gasteiger partial charge in [-0.2, -0.15) is 0 Å². The number of benzene rings is 3. The predicted octanol–water partition coefficient (Wildman–Crippen LogP) is 6.18. The Labute approximate surface area is 204 Å². The minimum atomic E-state index is -0.632. The summed E-state index contributed by atoms with van der Waals surface area (Å²) in [4.78, 5) is 26.8. The Morgan fingerprint density at radius 1 is 1.06 bits per heavy atom. The van der Waals surface area contributed by atoms with Gasteiger partial charge in [0, 0.05) is 17.7 Å². The molecule has 3 aromatic rings. The SMILES string of the molecule is O=C1OC(c2ccc([N+](=O)[O-])cc2)=N/C1=C\c1cc(Br)c(OCc2ccc(F)cc2)c(Br)c1. The zero-order valence-electron chi connectivity index (χ0n) is 16.6. The quantitative estimate of drug-likeness (QED) is 0.151. The Hall–Kier alpha value is -3.37. The van der Waals surface area contributed by atoms with Crippen molar-refractivity contribution in [3.63, 3.8) is 0 Å². The Bertz CT molecular complexity index is 1280. The van der Waals surface area contributed by atoms with Crippen LogP contribution < -0.4 is 4.74 Å². The third kappa shape index (κ3) is 5.35. The van der Waals surface area contributed by atoms with E-state index in [1.165, 1.54) is 36.4 Å². The van der Waals surface area contributed by atoms with Crippen LogP contribution in [0.25, 0.3) is 6.08 Å². The van der Waals surface area contributed by atoms with E-state index in [1.807, 2.05) is 0 Å². The molecule has 33 heavy (non-hydrogen) atoms. The van der Waals surface area contributed by atoms with Gasteiger partial charge in [0.05, 0.1) is 13.9 Å². The molecule has 166 valence electrons. The molecular formula is C23H13Br2FN2O5. The molecule has 1 aliphatic heterocycles. The maximum Gasteiger partial charge on any atom is 0.363 e.